The van der Waals surface area contributed by atoms with E-state index in [1.165, 1.54) is 0 Å². The molecule has 35 heavy (non-hydrogen) atoms. The average molecular weight is 482 g/mol. The molecule has 0 atom stereocenters. The Kier molecular flexibility index (Phi) is 6.41. The quantitative estimate of drug-likeness (QED) is 0.267. The molecule has 1 amide bonds. The minimum Gasteiger partial charge on any atom is -0.494 e. The van der Waals surface area contributed by atoms with Crippen LogP contribution in [0.15, 0.2) is 89.3 Å². The lowest BCUT2D eigenvalue weighted by atomic mass is 10.1. The van der Waals surface area contributed by atoms with Crippen molar-refractivity contribution in [3.8, 4) is 17.2 Å². The number of carbonyl (C=O) groups is 1. The molecule has 0 radical (unpaired) electrons. The van der Waals surface area contributed by atoms with Crippen molar-refractivity contribution in [2.24, 2.45) is 0 Å². The molecule has 5 aromatic rings. The number of nitrogens with one attached hydrogen (secondary N) is 2. The monoisotopic (exact) mass is 481 g/mol. The zero-order valence-electron chi connectivity index (χ0n) is 19.1. The topological polar surface area (TPSA) is 76.4 Å². The lowest BCUT2D eigenvalue weighted by Crippen LogP contribution is -2.34. The van der Waals surface area contributed by atoms with Gasteiger partial charge in [0.2, 0.25) is 5.89 Å². The third kappa shape index (κ3) is 5.00. The molecule has 0 saturated heterocycles. The Balaban J connectivity index is 1.31. The number of ether oxygens (including phenoxy) is 1. The van der Waals surface area contributed by atoms with E-state index in [-0.39, 0.29) is 11.0 Å². The Morgan fingerprint density at radius 2 is 1.86 bits per heavy atom. The highest BCUT2D eigenvalue weighted by atomic mass is 32.1. The van der Waals surface area contributed by atoms with Crippen molar-refractivity contribution >= 4 is 50.8 Å². The standard InChI is InChI=1S/C28H23N3O3S/c1-2-15-33-22-11-6-8-19(17-22)26(32)31-28(35)29-21-10-5-9-20(16-21)27-30-25-23-12-4-3-7-18(23)13-14-24(25)34-27/h3-14,16-17H,2,15H2,1H3,(H2,29,31,32,35). The number of hydrogen-bond acceptors (Lipinski definition) is 5. The van der Waals surface area contributed by atoms with E-state index in [0.717, 1.165) is 33.9 Å². The molecule has 0 saturated carbocycles. The Morgan fingerprint density at radius 1 is 1.00 bits per heavy atom. The summed E-state index contributed by atoms with van der Waals surface area (Å²) in [6.45, 7) is 2.62. The van der Waals surface area contributed by atoms with E-state index in [0.29, 0.717) is 29.5 Å². The number of rotatable bonds is 6. The molecule has 1 heterocycles. The van der Waals surface area contributed by atoms with Gasteiger partial charge in [-0.3, -0.25) is 10.1 Å². The highest BCUT2D eigenvalue weighted by molar-refractivity contribution is 7.80. The Bertz CT molecular complexity index is 1540. The summed E-state index contributed by atoms with van der Waals surface area (Å²) in [5, 5.41) is 8.12. The van der Waals surface area contributed by atoms with Crippen molar-refractivity contribution in [2.45, 2.75) is 13.3 Å². The zero-order valence-corrected chi connectivity index (χ0v) is 19.9. The molecule has 0 unspecified atom stereocenters. The number of carbonyl (C=O) groups excluding carboxylic acids is 1. The number of fused-ring (bicyclic) bond motifs is 3. The molecular formula is C28H23N3O3S. The van der Waals surface area contributed by atoms with Crippen LogP contribution in [0.5, 0.6) is 5.75 Å². The maximum Gasteiger partial charge on any atom is 0.257 e. The van der Waals surface area contributed by atoms with Crippen molar-refractivity contribution in [1.82, 2.24) is 10.3 Å². The molecule has 7 heteroatoms. The predicted molar refractivity (Wildman–Crippen MR) is 143 cm³/mol. The van der Waals surface area contributed by atoms with Gasteiger partial charge in [0.25, 0.3) is 5.91 Å². The van der Waals surface area contributed by atoms with Crippen LogP contribution in [0.1, 0.15) is 23.7 Å². The first-order valence-corrected chi connectivity index (χ1v) is 11.8. The molecule has 0 spiro atoms. The molecule has 5 rings (SSSR count). The largest absolute Gasteiger partial charge is 0.494 e. The van der Waals surface area contributed by atoms with Crippen LogP contribution in [0, 0.1) is 0 Å². The number of aromatic nitrogens is 1. The van der Waals surface area contributed by atoms with Crippen LogP contribution in [0.2, 0.25) is 0 Å². The van der Waals surface area contributed by atoms with Gasteiger partial charge in [0.15, 0.2) is 10.7 Å². The number of oxazole rings is 1. The zero-order chi connectivity index (χ0) is 24.2. The van der Waals surface area contributed by atoms with Crippen molar-refractivity contribution in [1.29, 1.82) is 0 Å². The van der Waals surface area contributed by atoms with Gasteiger partial charge in [0.1, 0.15) is 11.3 Å². The van der Waals surface area contributed by atoms with E-state index >= 15 is 0 Å². The minimum atomic E-state index is -0.313. The number of thiocarbonyl (C=S) groups is 1. The number of hydrogen-bond donors (Lipinski definition) is 2. The van der Waals surface area contributed by atoms with Crippen LogP contribution in [0.25, 0.3) is 33.3 Å². The second-order valence-electron chi connectivity index (χ2n) is 8.02. The molecule has 4 aromatic carbocycles. The number of amides is 1. The van der Waals surface area contributed by atoms with E-state index < -0.39 is 0 Å². The van der Waals surface area contributed by atoms with E-state index in [4.69, 9.17) is 26.4 Å². The van der Waals surface area contributed by atoms with Gasteiger partial charge in [0.05, 0.1) is 6.61 Å². The van der Waals surface area contributed by atoms with Crippen molar-refractivity contribution in [3.05, 3.63) is 90.5 Å². The number of nitrogens with zero attached hydrogens (tertiary/aromatic N) is 1. The molecule has 0 fully saturated rings. The van der Waals surface area contributed by atoms with Gasteiger partial charge in [-0.1, -0.05) is 49.4 Å². The molecule has 0 aliphatic heterocycles. The van der Waals surface area contributed by atoms with Gasteiger partial charge >= 0.3 is 0 Å². The lowest BCUT2D eigenvalue weighted by molar-refractivity contribution is 0.0977. The molecule has 0 bridgehead atoms. The summed E-state index contributed by atoms with van der Waals surface area (Å²) in [7, 11) is 0. The van der Waals surface area contributed by atoms with Crippen LogP contribution in [-0.2, 0) is 0 Å². The molecule has 0 aliphatic rings. The highest BCUT2D eigenvalue weighted by Crippen LogP contribution is 2.30. The van der Waals surface area contributed by atoms with Gasteiger partial charge < -0.3 is 14.5 Å². The lowest BCUT2D eigenvalue weighted by Gasteiger charge is -2.11. The first-order valence-electron chi connectivity index (χ1n) is 11.3. The molecular weight excluding hydrogens is 458 g/mol. The Labute approximate surface area is 207 Å². The summed E-state index contributed by atoms with van der Waals surface area (Å²) in [6, 6.07) is 26.6. The molecule has 1 aromatic heterocycles. The molecule has 0 aliphatic carbocycles. The van der Waals surface area contributed by atoms with Crippen LogP contribution in [-0.4, -0.2) is 22.6 Å². The van der Waals surface area contributed by atoms with Crippen LogP contribution in [0.4, 0.5) is 5.69 Å². The third-order valence-corrected chi connectivity index (χ3v) is 5.65. The molecule has 2 N–H and O–H groups in total. The van der Waals surface area contributed by atoms with Crippen LogP contribution < -0.4 is 15.4 Å². The minimum absolute atomic E-state index is 0.190. The SMILES string of the molecule is CCCOc1cccc(C(=O)NC(=S)Nc2cccc(-c3nc4c(ccc5ccccc54)o3)c2)c1. The van der Waals surface area contributed by atoms with Gasteiger partial charge in [-0.15, -0.1) is 0 Å². The first-order chi connectivity index (χ1) is 17.1. The number of benzene rings is 4. The fourth-order valence-electron chi connectivity index (χ4n) is 3.80. The number of anilines is 1. The summed E-state index contributed by atoms with van der Waals surface area (Å²) in [5.74, 6) is 0.850. The van der Waals surface area contributed by atoms with Crippen LogP contribution in [0.3, 0.4) is 0 Å². The summed E-state index contributed by atoms with van der Waals surface area (Å²) in [4.78, 5) is 17.4. The second kappa shape index (κ2) is 9.95. The summed E-state index contributed by atoms with van der Waals surface area (Å²) in [6.07, 6.45) is 0.892. The summed E-state index contributed by atoms with van der Waals surface area (Å²) >= 11 is 5.37. The maximum atomic E-state index is 12.6. The second-order valence-corrected chi connectivity index (χ2v) is 8.43. The van der Waals surface area contributed by atoms with E-state index in [1.54, 1.807) is 18.2 Å². The maximum absolute atomic E-state index is 12.6. The van der Waals surface area contributed by atoms with Crippen molar-refractivity contribution in [3.63, 3.8) is 0 Å². The van der Waals surface area contributed by atoms with Crippen molar-refractivity contribution in [2.75, 3.05) is 11.9 Å². The third-order valence-electron chi connectivity index (χ3n) is 5.45. The van der Waals surface area contributed by atoms with Gasteiger partial charge in [-0.05, 0) is 66.5 Å². The fourth-order valence-corrected chi connectivity index (χ4v) is 4.01. The van der Waals surface area contributed by atoms with Crippen LogP contribution >= 0.6 is 12.2 Å². The smallest absolute Gasteiger partial charge is 0.257 e. The van der Waals surface area contributed by atoms with Gasteiger partial charge in [-0.2, -0.15) is 0 Å². The molecule has 174 valence electrons. The highest BCUT2D eigenvalue weighted by Gasteiger charge is 2.13. The summed E-state index contributed by atoms with van der Waals surface area (Å²) < 4.78 is 11.6. The molecule has 6 nitrogen and oxygen atoms in total. The average Bonchev–Trinajstić information content (AvgIpc) is 3.33. The predicted octanol–water partition coefficient (Wildman–Crippen LogP) is 6.56. The fraction of sp³-hybridized carbons (Fsp3) is 0.107. The van der Waals surface area contributed by atoms with Gasteiger partial charge in [-0.25, -0.2) is 4.98 Å². The summed E-state index contributed by atoms with van der Waals surface area (Å²) in [5.41, 5.74) is 3.52. The van der Waals surface area contributed by atoms with Crippen molar-refractivity contribution < 1.29 is 13.9 Å². The Morgan fingerprint density at radius 3 is 2.74 bits per heavy atom. The normalized spacial score (nSPS) is 10.9. The first kappa shape index (κ1) is 22.6. The van der Waals surface area contributed by atoms with E-state index in [1.807, 2.05) is 67.6 Å². The Hall–Kier alpha value is -4.23. The van der Waals surface area contributed by atoms with Gasteiger partial charge in [0, 0.05) is 22.2 Å². The van der Waals surface area contributed by atoms with E-state index in [2.05, 4.69) is 16.7 Å². The van der Waals surface area contributed by atoms with E-state index in [9.17, 15) is 4.79 Å².